The minimum absolute atomic E-state index is 0.285. The van der Waals surface area contributed by atoms with Crippen molar-refractivity contribution in [3.63, 3.8) is 0 Å². The molecular weight excluding hydrogens is 510 g/mol. The smallest absolute Gasteiger partial charge is 0.249 e. The molecular formula is C28H34ClN3O4S. The van der Waals surface area contributed by atoms with Crippen LogP contribution < -0.4 is 15.0 Å². The van der Waals surface area contributed by atoms with Crippen molar-refractivity contribution in [2.45, 2.75) is 37.0 Å². The topological polar surface area (TPSA) is 83.9 Å². The second-order valence-electron chi connectivity index (χ2n) is 9.41. The van der Waals surface area contributed by atoms with Crippen molar-refractivity contribution in [2.75, 3.05) is 39.6 Å². The molecule has 4 rings (SSSR count). The predicted molar refractivity (Wildman–Crippen MR) is 148 cm³/mol. The monoisotopic (exact) mass is 543 g/mol. The fourth-order valence-corrected chi connectivity index (χ4v) is 6.22. The summed E-state index contributed by atoms with van der Waals surface area (Å²) in [6.07, 6.45) is 5.28. The first-order valence-corrected chi connectivity index (χ1v) is 13.9. The molecule has 2 N–H and O–H groups in total. The van der Waals surface area contributed by atoms with Gasteiger partial charge in [0.05, 0.1) is 30.2 Å². The number of ether oxygens (including phenoxy) is 2. The van der Waals surface area contributed by atoms with Gasteiger partial charge in [-0.05, 0) is 93.2 Å². The van der Waals surface area contributed by atoms with Gasteiger partial charge in [-0.1, -0.05) is 11.6 Å². The molecule has 0 saturated carbocycles. The Balaban J connectivity index is 1.33. The largest absolute Gasteiger partial charge is 0.497 e. The van der Waals surface area contributed by atoms with Gasteiger partial charge in [0.25, 0.3) is 0 Å². The number of piperidine rings is 1. The highest BCUT2D eigenvalue weighted by atomic mass is 35.5. The van der Waals surface area contributed by atoms with Gasteiger partial charge in [0, 0.05) is 28.8 Å². The van der Waals surface area contributed by atoms with Gasteiger partial charge in [-0.2, -0.15) is 0 Å². The first-order valence-electron chi connectivity index (χ1n) is 12.5. The number of fused-ring (bicyclic) bond motifs is 1. The highest BCUT2D eigenvalue weighted by Crippen LogP contribution is 2.38. The van der Waals surface area contributed by atoms with E-state index in [0.29, 0.717) is 30.7 Å². The van der Waals surface area contributed by atoms with E-state index in [1.165, 1.54) is 4.90 Å². The summed E-state index contributed by atoms with van der Waals surface area (Å²) in [5.74, 6) is 2.30. The summed E-state index contributed by atoms with van der Waals surface area (Å²) < 4.78 is 10.6. The van der Waals surface area contributed by atoms with Crippen LogP contribution in [0.3, 0.4) is 0 Å². The molecule has 7 nitrogen and oxygen atoms in total. The van der Waals surface area contributed by atoms with Crippen molar-refractivity contribution in [2.24, 2.45) is 5.41 Å². The number of benzene rings is 2. The van der Waals surface area contributed by atoms with E-state index in [4.69, 9.17) is 21.1 Å². The second-order valence-corrected chi connectivity index (χ2v) is 11.0. The summed E-state index contributed by atoms with van der Waals surface area (Å²) in [5.41, 5.74) is 3.24. The van der Waals surface area contributed by atoms with Crippen LogP contribution in [0, 0.1) is 5.41 Å². The second kappa shape index (κ2) is 12.8. The maximum atomic E-state index is 12.8. The molecule has 0 bridgehead atoms. The van der Waals surface area contributed by atoms with E-state index in [0.717, 1.165) is 59.8 Å². The summed E-state index contributed by atoms with van der Waals surface area (Å²) in [4.78, 5) is 20.9. The summed E-state index contributed by atoms with van der Waals surface area (Å²) in [5, 5.41) is 11.1. The first kappa shape index (κ1) is 27.5. The Morgan fingerprint density at radius 1 is 1.14 bits per heavy atom. The van der Waals surface area contributed by atoms with E-state index in [1.54, 1.807) is 20.4 Å². The number of hydrogen-bond donors (Lipinski definition) is 2. The number of nitrogens with zero attached hydrogens (tertiary/aromatic N) is 2. The lowest BCUT2D eigenvalue weighted by Gasteiger charge is -2.40. The molecule has 0 spiro atoms. The van der Waals surface area contributed by atoms with E-state index in [1.807, 2.05) is 47.6 Å². The number of aryl methyl sites for hydroxylation is 1. The van der Waals surface area contributed by atoms with Gasteiger partial charge in [0.15, 0.2) is 0 Å². The number of rotatable bonds is 11. The molecule has 2 heterocycles. The molecule has 1 aliphatic heterocycles. The molecule has 198 valence electrons. The summed E-state index contributed by atoms with van der Waals surface area (Å²) in [6, 6.07) is 13.9. The fraction of sp³-hybridized carbons (Fsp3) is 0.429. The molecule has 1 fully saturated rings. The molecule has 1 saturated heterocycles. The Bertz CT molecular complexity index is 1200. The lowest BCUT2D eigenvalue weighted by molar-refractivity contribution is -0.143. The molecule has 1 amide bonds. The van der Waals surface area contributed by atoms with Crippen molar-refractivity contribution >= 4 is 40.2 Å². The molecule has 9 heteroatoms. The van der Waals surface area contributed by atoms with Gasteiger partial charge in [-0.3, -0.25) is 15.0 Å². The number of likely N-dealkylation sites (tertiary alicyclic amines) is 1. The number of nitrogens with one attached hydrogen (secondary N) is 1. The Morgan fingerprint density at radius 2 is 1.84 bits per heavy atom. The average molecular weight is 544 g/mol. The molecule has 37 heavy (non-hydrogen) atoms. The quantitative estimate of drug-likeness (QED) is 0.185. The summed E-state index contributed by atoms with van der Waals surface area (Å²) in [6.45, 7) is 2.60. The van der Waals surface area contributed by atoms with Crippen LogP contribution in [-0.4, -0.2) is 60.6 Å². The van der Waals surface area contributed by atoms with Crippen LogP contribution in [-0.2, 0) is 11.2 Å². The van der Waals surface area contributed by atoms with Gasteiger partial charge in [0.2, 0.25) is 5.91 Å². The Labute approximate surface area is 227 Å². The highest BCUT2D eigenvalue weighted by molar-refractivity contribution is 7.99. The van der Waals surface area contributed by atoms with Crippen molar-refractivity contribution in [3.8, 4) is 11.5 Å². The molecule has 0 unspecified atom stereocenters. The number of hydroxylamine groups is 1. The van der Waals surface area contributed by atoms with Crippen LogP contribution in [0.25, 0.3) is 10.9 Å². The number of pyridine rings is 1. The number of thioether (sulfide) groups is 1. The normalized spacial score (nSPS) is 15.5. The number of carbonyl (C=O) groups excluding carboxylic acids is 1. The third-order valence-corrected chi connectivity index (χ3v) is 8.67. The van der Waals surface area contributed by atoms with Crippen molar-refractivity contribution in [3.05, 3.63) is 59.2 Å². The lowest BCUT2D eigenvalue weighted by Crippen LogP contribution is -2.48. The van der Waals surface area contributed by atoms with Crippen LogP contribution in [0.5, 0.6) is 11.5 Å². The average Bonchev–Trinajstić information content (AvgIpc) is 2.94. The number of methoxy groups -OCH3 is 2. The van der Waals surface area contributed by atoms with Crippen LogP contribution in [0.4, 0.5) is 0 Å². The Kier molecular flexibility index (Phi) is 9.54. The molecule has 1 aromatic heterocycles. The van der Waals surface area contributed by atoms with Gasteiger partial charge in [-0.25, -0.2) is 5.48 Å². The van der Waals surface area contributed by atoms with E-state index in [9.17, 15) is 10.0 Å². The van der Waals surface area contributed by atoms with Crippen LogP contribution in [0.2, 0.25) is 5.02 Å². The zero-order valence-corrected chi connectivity index (χ0v) is 22.9. The minimum Gasteiger partial charge on any atom is -0.497 e. The number of hydrogen-bond acceptors (Lipinski definition) is 7. The zero-order chi connectivity index (χ0) is 26.3. The Hall–Kier alpha value is -2.52. The van der Waals surface area contributed by atoms with E-state index in [-0.39, 0.29) is 5.91 Å². The molecule has 3 aromatic rings. The van der Waals surface area contributed by atoms with Crippen molar-refractivity contribution in [1.29, 1.82) is 0 Å². The SMILES string of the molecule is COc1ccc(SCCN2CCC(CCCc3c(Cl)cnc4ccc(OC)cc34)(C(=O)NO)CC2)cc1. The van der Waals surface area contributed by atoms with Crippen molar-refractivity contribution < 1.29 is 19.5 Å². The number of amides is 1. The van der Waals surface area contributed by atoms with Crippen LogP contribution >= 0.6 is 23.4 Å². The highest BCUT2D eigenvalue weighted by Gasteiger charge is 2.40. The van der Waals surface area contributed by atoms with Crippen LogP contribution in [0.1, 0.15) is 31.2 Å². The molecule has 0 radical (unpaired) electrons. The summed E-state index contributed by atoms with van der Waals surface area (Å²) in [7, 11) is 3.31. The van der Waals surface area contributed by atoms with E-state index < -0.39 is 5.41 Å². The third kappa shape index (κ3) is 6.68. The fourth-order valence-electron chi connectivity index (χ4n) is 5.07. The minimum atomic E-state index is -0.582. The third-order valence-electron chi connectivity index (χ3n) is 7.35. The first-order chi connectivity index (χ1) is 18.0. The number of aromatic nitrogens is 1. The van der Waals surface area contributed by atoms with E-state index in [2.05, 4.69) is 22.0 Å². The molecule has 2 aromatic carbocycles. The van der Waals surface area contributed by atoms with Gasteiger partial charge in [0.1, 0.15) is 11.5 Å². The van der Waals surface area contributed by atoms with Gasteiger partial charge < -0.3 is 14.4 Å². The van der Waals surface area contributed by atoms with E-state index >= 15 is 0 Å². The molecule has 0 aliphatic carbocycles. The standard InChI is InChI=1S/C28H34ClN3O4S/c1-35-20-5-8-22(9-6-20)37-17-16-32-14-12-28(13-15-32,27(33)31-34)11-3-4-23-24-18-21(36-2)7-10-26(24)30-19-25(23)29/h5-10,18-19,34H,3-4,11-17H2,1-2H3,(H,31,33). The number of carbonyl (C=O) groups is 1. The number of halogens is 1. The van der Waals surface area contributed by atoms with Crippen molar-refractivity contribution in [1.82, 2.24) is 15.4 Å². The van der Waals surface area contributed by atoms with Crippen LogP contribution in [0.15, 0.2) is 53.6 Å². The maximum absolute atomic E-state index is 12.8. The summed E-state index contributed by atoms with van der Waals surface area (Å²) >= 11 is 8.35. The lowest BCUT2D eigenvalue weighted by atomic mass is 9.73. The molecule has 1 aliphatic rings. The molecule has 0 atom stereocenters. The maximum Gasteiger partial charge on any atom is 0.249 e. The van der Waals surface area contributed by atoms with Gasteiger partial charge >= 0.3 is 0 Å². The van der Waals surface area contributed by atoms with Gasteiger partial charge in [-0.15, -0.1) is 11.8 Å². The Morgan fingerprint density at radius 3 is 2.51 bits per heavy atom. The predicted octanol–water partition coefficient (Wildman–Crippen LogP) is 5.61. The zero-order valence-electron chi connectivity index (χ0n) is 21.3.